The molecule has 0 heterocycles. The summed E-state index contributed by atoms with van der Waals surface area (Å²) in [6, 6.07) is 12.8. The number of ether oxygens (including phenoxy) is 2. The van der Waals surface area contributed by atoms with Crippen LogP contribution in [0, 0.1) is 5.92 Å². The molecule has 0 saturated carbocycles. The first-order valence-electron chi connectivity index (χ1n) is 13.8. The van der Waals surface area contributed by atoms with E-state index in [9.17, 15) is 27.9 Å². The van der Waals surface area contributed by atoms with Gasteiger partial charge in [0.15, 0.2) is 0 Å². The molecule has 0 aliphatic rings. The van der Waals surface area contributed by atoms with E-state index in [0.717, 1.165) is 18.4 Å². The maximum absolute atomic E-state index is 13.8. The average molecular weight is 607 g/mol. The minimum absolute atomic E-state index is 0.0373. The molecule has 0 aromatic heterocycles. The summed E-state index contributed by atoms with van der Waals surface area (Å²) in [6.07, 6.45) is -0.703. The van der Waals surface area contributed by atoms with E-state index in [4.69, 9.17) is 15.2 Å². The van der Waals surface area contributed by atoms with Crippen molar-refractivity contribution < 1.29 is 37.4 Å². The third-order valence-electron chi connectivity index (χ3n) is 6.87. The fraction of sp³-hybridized carbons (Fsp3) is 0.483. The predicted molar refractivity (Wildman–Crippen MR) is 157 cm³/mol. The second kappa shape index (κ2) is 16.7. The van der Waals surface area contributed by atoms with Crippen LogP contribution >= 0.6 is 0 Å². The molecule has 0 aliphatic carbocycles. The Bertz CT molecular complexity index is 1250. The second-order valence-electron chi connectivity index (χ2n) is 9.94. The number of methoxy groups -OCH3 is 1. The lowest BCUT2D eigenvalue weighted by Crippen LogP contribution is -2.52. The van der Waals surface area contributed by atoms with Crippen LogP contribution in [-0.2, 0) is 30.8 Å². The van der Waals surface area contributed by atoms with Crippen molar-refractivity contribution in [3.8, 4) is 5.75 Å². The number of hydrogen-bond acceptors (Lipinski definition) is 8. The Labute approximate surface area is 247 Å². The van der Waals surface area contributed by atoms with E-state index in [1.807, 2.05) is 32.0 Å². The van der Waals surface area contributed by atoms with E-state index in [0.29, 0.717) is 5.75 Å². The van der Waals surface area contributed by atoms with Crippen molar-refractivity contribution in [3.05, 3.63) is 60.2 Å². The summed E-state index contributed by atoms with van der Waals surface area (Å²) in [5, 5.41) is 16.3. The number of sulfonamides is 1. The largest absolute Gasteiger partial charge is 0.497 e. The number of aliphatic hydroxyl groups is 1. The number of carbonyl (C=O) groups excluding carboxylic acids is 3. The van der Waals surface area contributed by atoms with Crippen LogP contribution in [0.1, 0.15) is 39.2 Å². The molecule has 2 rings (SSSR count). The van der Waals surface area contributed by atoms with Crippen molar-refractivity contribution >= 4 is 27.9 Å². The first-order valence-corrected chi connectivity index (χ1v) is 15.2. The molecule has 0 bridgehead atoms. The van der Waals surface area contributed by atoms with Crippen molar-refractivity contribution in [2.45, 2.75) is 63.1 Å². The van der Waals surface area contributed by atoms with Crippen LogP contribution in [0.4, 0.5) is 4.79 Å². The minimum Gasteiger partial charge on any atom is -0.497 e. The van der Waals surface area contributed by atoms with Gasteiger partial charge in [0.25, 0.3) is 0 Å². The Morgan fingerprint density at radius 2 is 1.60 bits per heavy atom. The number of rotatable bonds is 17. The molecule has 0 radical (unpaired) electrons. The summed E-state index contributed by atoms with van der Waals surface area (Å²) in [5.41, 5.74) is 6.05. The smallest absolute Gasteiger partial charge is 0.407 e. The lowest BCUT2D eigenvalue weighted by Gasteiger charge is -2.31. The van der Waals surface area contributed by atoms with Crippen LogP contribution in [0.25, 0.3) is 0 Å². The van der Waals surface area contributed by atoms with Gasteiger partial charge in [-0.3, -0.25) is 9.59 Å². The van der Waals surface area contributed by atoms with Crippen LogP contribution in [0.2, 0.25) is 0 Å². The van der Waals surface area contributed by atoms with Crippen molar-refractivity contribution in [2.24, 2.45) is 11.7 Å². The van der Waals surface area contributed by atoms with Gasteiger partial charge in [-0.15, -0.1) is 0 Å². The Hall–Kier alpha value is -3.68. The molecule has 3 amide bonds. The SMILES string of the molecule is CCC(CC)CN(CC(O)C(Cc1ccccc1)NC(=O)OCC(NC(C)=O)C(N)=O)S(=O)(=O)c1ccc(OC)cc1. The van der Waals surface area contributed by atoms with Crippen molar-refractivity contribution in [1.82, 2.24) is 14.9 Å². The van der Waals surface area contributed by atoms with Gasteiger partial charge in [-0.05, 0) is 42.2 Å². The maximum atomic E-state index is 13.8. The second-order valence-corrected chi connectivity index (χ2v) is 11.9. The highest BCUT2D eigenvalue weighted by atomic mass is 32.2. The molecule has 5 N–H and O–H groups in total. The van der Waals surface area contributed by atoms with Gasteiger partial charge in [0.1, 0.15) is 18.4 Å². The number of alkyl carbamates (subject to hydrolysis) is 1. The van der Waals surface area contributed by atoms with E-state index in [-0.39, 0.29) is 30.3 Å². The first-order chi connectivity index (χ1) is 19.9. The number of carbonyl (C=O) groups is 3. The normalized spacial score (nSPS) is 13.7. The van der Waals surface area contributed by atoms with Crippen LogP contribution < -0.4 is 21.1 Å². The van der Waals surface area contributed by atoms with Crippen molar-refractivity contribution in [3.63, 3.8) is 0 Å². The lowest BCUT2D eigenvalue weighted by atomic mass is 10.0. The number of nitrogens with zero attached hydrogens (tertiary/aromatic N) is 1. The fourth-order valence-corrected chi connectivity index (χ4v) is 5.82. The van der Waals surface area contributed by atoms with Gasteiger partial charge in [-0.2, -0.15) is 4.31 Å². The number of nitrogens with two attached hydrogens (primary N) is 1. The van der Waals surface area contributed by atoms with E-state index >= 15 is 0 Å². The highest BCUT2D eigenvalue weighted by Gasteiger charge is 2.32. The number of aliphatic hydroxyl groups excluding tert-OH is 1. The molecule has 3 unspecified atom stereocenters. The summed E-state index contributed by atoms with van der Waals surface area (Å²) < 4.78 is 39.0. The maximum Gasteiger partial charge on any atom is 0.407 e. The molecule has 0 saturated heterocycles. The predicted octanol–water partition coefficient (Wildman–Crippen LogP) is 1.81. The van der Waals surface area contributed by atoms with E-state index < -0.39 is 52.7 Å². The van der Waals surface area contributed by atoms with Gasteiger partial charge >= 0.3 is 6.09 Å². The summed E-state index contributed by atoms with van der Waals surface area (Å²) in [5.74, 6) is -0.881. The van der Waals surface area contributed by atoms with Crippen molar-refractivity contribution in [2.75, 3.05) is 26.8 Å². The minimum atomic E-state index is -4.03. The zero-order valence-electron chi connectivity index (χ0n) is 24.5. The van der Waals surface area contributed by atoms with E-state index in [1.165, 1.54) is 30.5 Å². The molecule has 0 aliphatic heterocycles. The third-order valence-corrected chi connectivity index (χ3v) is 8.72. The Kier molecular flexibility index (Phi) is 13.7. The molecule has 3 atom stereocenters. The van der Waals surface area contributed by atoms with Gasteiger partial charge in [0.2, 0.25) is 21.8 Å². The zero-order chi connectivity index (χ0) is 31.3. The molecule has 12 nitrogen and oxygen atoms in total. The average Bonchev–Trinajstić information content (AvgIpc) is 2.97. The van der Waals surface area contributed by atoms with Crippen LogP contribution in [0.5, 0.6) is 5.75 Å². The summed E-state index contributed by atoms with van der Waals surface area (Å²) in [7, 11) is -2.55. The van der Waals surface area contributed by atoms with Gasteiger partial charge in [0, 0.05) is 20.0 Å². The Morgan fingerprint density at radius 1 is 0.976 bits per heavy atom. The summed E-state index contributed by atoms with van der Waals surface area (Å²) in [4.78, 5) is 35.7. The summed E-state index contributed by atoms with van der Waals surface area (Å²) in [6.45, 7) is 4.46. The molecule has 2 aromatic rings. The lowest BCUT2D eigenvalue weighted by molar-refractivity contribution is -0.127. The molecule has 2 aromatic carbocycles. The van der Waals surface area contributed by atoms with Crippen LogP contribution in [-0.4, -0.2) is 80.7 Å². The molecular formula is C29H42N4O8S. The number of benzene rings is 2. The van der Waals surface area contributed by atoms with Crippen LogP contribution in [0.15, 0.2) is 59.5 Å². The standard InChI is InChI=1S/C29H42N4O8S/c1-5-21(6-2)17-33(42(38,39)24-14-12-23(40-4)13-15-24)18-27(35)25(16-22-10-8-7-9-11-22)32-29(37)41-19-26(28(30)36)31-20(3)34/h7-15,21,25-27,35H,5-6,16-19H2,1-4H3,(H2,30,36)(H,31,34)(H,32,37). The molecule has 232 valence electrons. The van der Waals surface area contributed by atoms with E-state index in [2.05, 4.69) is 10.6 Å². The monoisotopic (exact) mass is 606 g/mol. The van der Waals surface area contributed by atoms with Gasteiger partial charge < -0.3 is 30.9 Å². The topological polar surface area (TPSA) is 177 Å². The molecule has 13 heteroatoms. The van der Waals surface area contributed by atoms with Gasteiger partial charge in [-0.25, -0.2) is 13.2 Å². The van der Waals surface area contributed by atoms with Crippen molar-refractivity contribution in [1.29, 1.82) is 0 Å². The molecule has 0 fully saturated rings. The molecule has 0 spiro atoms. The van der Waals surface area contributed by atoms with Gasteiger partial charge in [0.05, 0.1) is 24.2 Å². The number of hydrogen-bond donors (Lipinski definition) is 4. The number of amides is 3. The summed E-state index contributed by atoms with van der Waals surface area (Å²) >= 11 is 0. The third kappa shape index (κ3) is 10.6. The van der Waals surface area contributed by atoms with Gasteiger partial charge in [-0.1, -0.05) is 57.0 Å². The number of nitrogens with one attached hydrogen (secondary N) is 2. The highest BCUT2D eigenvalue weighted by Crippen LogP contribution is 2.23. The highest BCUT2D eigenvalue weighted by molar-refractivity contribution is 7.89. The van der Waals surface area contributed by atoms with E-state index in [1.54, 1.807) is 24.3 Å². The Morgan fingerprint density at radius 3 is 2.12 bits per heavy atom. The quantitative estimate of drug-likeness (QED) is 0.211. The van der Waals surface area contributed by atoms with Crippen LogP contribution in [0.3, 0.4) is 0 Å². The number of primary amides is 1. The Balaban J connectivity index is 2.32. The first kappa shape index (κ1) is 34.5. The zero-order valence-corrected chi connectivity index (χ0v) is 25.3. The molecule has 42 heavy (non-hydrogen) atoms. The molecular weight excluding hydrogens is 564 g/mol. The fourth-order valence-electron chi connectivity index (χ4n) is 4.28.